The van der Waals surface area contributed by atoms with Crippen molar-refractivity contribution in [2.24, 2.45) is 13.0 Å². The van der Waals surface area contributed by atoms with E-state index in [9.17, 15) is 28.2 Å². The molecule has 0 saturated heterocycles. The fourth-order valence-corrected chi connectivity index (χ4v) is 5.07. The van der Waals surface area contributed by atoms with Gasteiger partial charge in [-0.05, 0) is 42.9 Å². The maximum absolute atomic E-state index is 14.4. The van der Waals surface area contributed by atoms with E-state index in [4.69, 9.17) is 0 Å². The van der Waals surface area contributed by atoms with Gasteiger partial charge in [0.05, 0.1) is 11.1 Å². The molecule has 4 rings (SSSR count). The molecule has 0 aliphatic heterocycles. The van der Waals surface area contributed by atoms with Crippen LogP contribution in [0.15, 0.2) is 53.3 Å². The Labute approximate surface area is 190 Å². The summed E-state index contributed by atoms with van der Waals surface area (Å²) >= 11 is 0. The molecule has 1 atom stereocenters. The van der Waals surface area contributed by atoms with Crippen LogP contribution in [0.5, 0.6) is 0 Å². The molecule has 33 heavy (non-hydrogen) atoms. The molecule has 4 nitrogen and oxygen atoms in total. The summed E-state index contributed by atoms with van der Waals surface area (Å²) < 4.78 is 44.5. The zero-order valence-corrected chi connectivity index (χ0v) is 18.7. The molecule has 2 N–H and O–H groups in total. The second-order valence-corrected chi connectivity index (χ2v) is 9.08. The molecular formula is C26H28F3NO3. The number of aliphatic hydroxyl groups is 2. The molecule has 0 bridgehead atoms. The molecule has 0 amide bonds. The van der Waals surface area contributed by atoms with E-state index in [1.165, 1.54) is 23.7 Å². The van der Waals surface area contributed by atoms with Gasteiger partial charge in [0.25, 0.3) is 5.56 Å². The lowest BCUT2D eigenvalue weighted by atomic mass is 9.82. The standard InChI is InChI=1S/C26H28F3NO3/c1-3-7-17(24(32)33)14-16-8-6-9-18(15-16)25(12-13-25)22-21(26(27,28)29)19-10-4-5-11-20(19)30(2)23(22)31/h4-6,8-11,15,17,24,32-33H,3,7,12-14H2,1-2H3/t17-/m0/s1. The molecule has 1 aliphatic carbocycles. The molecule has 176 valence electrons. The second-order valence-electron chi connectivity index (χ2n) is 9.08. The van der Waals surface area contributed by atoms with E-state index in [1.54, 1.807) is 24.3 Å². The first kappa shape index (κ1) is 23.5. The molecule has 0 unspecified atom stereocenters. The zero-order chi connectivity index (χ0) is 24.0. The Morgan fingerprint density at radius 3 is 2.39 bits per heavy atom. The summed E-state index contributed by atoms with van der Waals surface area (Å²) in [5.41, 5.74) is -0.935. The lowest BCUT2D eigenvalue weighted by Gasteiger charge is -2.25. The number of hydrogen-bond donors (Lipinski definition) is 2. The Balaban J connectivity index is 1.88. The van der Waals surface area contributed by atoms with Crippen LogP contribution < -0.4 is 5.56 Å². The van der Waals surface area contributed by atoms with Gasteiger partial charge >= 0.3 is 6.18 Å². The first-order chi connectivity index (χ1) is 15.6. The predicted molar refractivity (Wildman–Crippen MR) is 121 cm³/mol. The number of aromatic nitrogens is 1. The molecule has 1 fully saturated rings. The van der Waals surface area contributed by atoms with E-state index in [0.29, 0.717) is 31.2 Å². The molecule has 2 aromatic carbocycles. The van der Waals surface area contributed by atoms with Crippen molar-refractivity contribution in [2.45, 2.75) is 56.9 Å². The summed E-state index contributed by atoms with van der Waals surface area (Å²) in [6.45, 7) is 1.96. The highest BCUT2D eigenvalue weighted by Gasteiger charge is 2.53. The third-order valence-electron chi connectivity index (χ3n) is 6.87. The van der Waals surface area contributed by atoms with Crippen LogP contribution in [0.2, 0.25) is 0 Å². The maximum atomic E-state index is 14.4. The van der Waals surface area contributed by atoms with E-state index in [0.717, 1.165) is 12.0 Å². The number of aryl methyl sites for hydroxylation is 1. The molecule has 0 radical (unpaired) electrons. The highest BCUT2D eigenvalue weighted by Crippen LogP contribution is 2.56. The fraction of sp³-hybridized carbons (Fsp3) is 0.423. The minimum absolute atomic E-state index is 0.0240. The SMILES string of the molecule is CCC[C@@H](Cc1cccc(C2(c3c(C(F)(F)F)c4ccccc4n(C)c3=O)CC2)c1)C(O)O. The quantitative estimate of drug-likeness (QED) is 0.494. The van der Waals surface area contributed by atoms with E-state index >= 15 is 0 Å². The molecule has 1 heterocycles. The first-order valence-electron chi connectivity index (χ1n) is 11.2. The number of pyridine rings is 1. The number of fused-ring (bicyclic) bond motifs is 1. The van der Waals surface area contributed by atoms with Gasteiger partial charge in [0.2, 0.25) is 0 Å². The van der Waals surface area contributed by atoms with Crippen molar-refractivity contribution in [3.05, 3.63) is 81.1 Å². The largest absolute Gasteiger partial charge is 0.417 e. The zero-order valence-electron chi connectivity index (χ0n) is 18.7. The van der Waals surface area contributed by atoms with Crippen molar-refractivity contribution in [3.8, 4) is 0 Å². The Morgan fingerprint density at radius 1 is 1.09 bits per heavy atom. The molecule has 7 heteroatoms. The summed E-state index contributed by atoms with van der Waals surface area (Å²) in [6.07, 6.45) is -3.43. The Bertz CT molecular complexity index is 1230. The maximum Gasteiger partial charge on any atom is 0.417 e. The molecule has 0 spiro atoms. The fourth-order valence-electron chi connectivity index (χ4n) is 5.07. The average Bonchev–Trinajstić information content (AvgIpc) is 3.57. The molecular weight excluding hydrogens is 431 g/mol. The van der Waals surface area contributed by atoms with E-state index in [1.807, 2.05) is 19.1 Å². The van der Waals surface area contributed by atoms with E-state index in [-0.39, 0.29) is 22.4 Å². The second kappa shape index (κ2) is 8.61. The van der Waals surface area contributed by atoms with Crippen molar-refractivity contribution in [1.29, 1.82) is 0 Å². The van der Waals surface area contributed by atoms with Crippen LogP contribution in [0.3, 0.4) is 0 Å². The molecule has 1 aromatic heterocycles. The van der Waals surface area contributed by atoms with Crippen LogP contribution in [0.25, 0.3) is 10.9 Å². The minimum Gasteiger partial charge on any atom is -0.368 e. The lowest BCUT2D eigenvalue weighted by molar-refractivity contribution is -0.137. The summed E-state index contributed by atoms with van der Waals surface area (Å²) in [5, 5.41) is 19.4. The van der Waals surface area contributed by atoms with Crippen molar-refractivity contribution in [3.63, 3.8) is 0 Å². The van der Waals surface area contributed by atoms with Crippen LogP contribution in [-0.2, 0) is 25.1 Å². The van der Waals surface area contributed by atoms with Crippen molar-refractivity contribution in [1.82, 2.24) is 4.57 Å². The van der Waals surface area contributed by atoms with Crippen LogP contribution in [-0.4, -0.2) is 21.1 Å². The van der Waals surface area contributed by atoms with Crippen LogP contribution in [0, 0.1) is 5.92 Å². The third kappa shape index (κ3) is 4.20. The Morgan fingerprint density at radius 2 is 1.79 bits per heavy atom. The minimum atomic E-state index is -4.68. The Kier molecular flexibility index (Phi) is 6.14. The third-order valence-corrected chi connectivity index (χ3v) is 6.87. The number of para-hydroxylation sites is 1. The van der Waals surface area contributed by atoms with Gasteiger partial charge in [-0.15, -0.1) is 0 Å². The number of benzene rings is 2. The molecule has 3 aromatic rings. The number of rotatable bonds is 7. The van der Waals surface area contributed by atoms with Crippen molar-refractivity contribution < 1.29 is 23.4 Å². The van der Waals surface area contributed by atoms with Gasteiger partial charge in [-0.1, -0.05) is 55.8 Å². The summed E-state index contributed by atoms with van der Waals surface area (Å²) in [7, 11) is 1.51. The normalized spacial score (nSPS) is 16.4. The van der Waals surface area contributed by atoms with Crippen molar-refractivity contribution in [2.75, 3.05) is 0 Å². The van der Waals surface area contributed by atoms with Gasteiger partial charge in [0.15, 0.2) is 6.29 Å². The van der Waals surface area contributed by atoms with Crippen LogP contribution >= 0.6 is 0 Å². The number of aliphatic hydroxyl groups excluding tert-OH is 1. The lowest BCUT2D eigenvalue weighted by Crippen LogP contribution is -2.32. The smallest absolute Gasteiger partial charge is 0.368 e. The highest BCUT2D eigenvalue weighted by atomic mass is 19.4. The van der Waals surface area contributed by atoms with Gasteiger partial charge in [0, 0.05) is 29.3 Å². The predicted octanol–water partition coefficient (Wildman–Crippen LogP) is 4.91. The van der Waals surface area contributed by atoms with Gasteiger partial charge in [-0.2, -0.15) is 13.2 Å². The van der Waals surface area contributed by atoms with Crippen LogP contribution in [0.1, 0.15) is 54.9 Å². The summed E-state index contributed by atoms with van der Waals surface area (Å²) in [6, 6.07) is 13.3. The monoisotopic (exact) mass is 459 g/mol. The topological polar surface area (TPSA) is 62.5 Å². The van der Waals surface area contributed by atoms with Gasteiger partial charge < -0.3 is 14.8 Å². The molecule has 1 aliphatic rings. The van der Waals surface area contributed by atoms with Crippen LogP contribution in [0.4, 0.5) is 13.2 Å². The first-order valence-corrected chi connectivity index (χ1v) is 11.2. The Hall–Kier alpha value is -2.64. The molecule has 1 saturated carbocycles. The van der Waals surface area contributed by atoms with E-state index in [2.05, 4.69) is 0 Å². The average molecular weight is 460 g/mol. The van der Waals surface area contributed by atoms with Gasteiger partial charge in [0.1, 0.15) is 0 Å². The summed E-state index contributed by atoms with van der Waals surface area (Å²) in [5.74, 6) is -0.361. The van der Waals surface area contributed by atoms with Crippen molar-refractivity contribution >= 4 is 10.9 Å². The highest BCUT2D eigenvalue weighted by molar-refractivity contribution is 5.85. The number of hydrogen-bond acceptors (Lipinski definition) is 3. The number of halogens is 3. The number of nitrogens with zero attached hydrogens (tertiary/aromatic N) is 1. The summed E-state index contributed by atoms with van der Waals surface area (Å²) in [4.78, 5) is 13.3. The van der Waals surface area contributed by atoms with E-state index < -0.39 is 29.0 Å². The van der Waals surface area contributed by atoms with Gasteiger partial charge in [-0.25, -0.2) is 0 Å². The van der Waals surface area contributed by atoms with Gasteiger partial charge in [-0.3, -0.25) is 4.79 Å². The number of alkyl halides is 3.